The zero-order chi connectivity index (χ0) is 19.2. The molecule has 0 bridgehead atoms. The Labute approximate surface area is 159 Å². The largest absolute Gasteiger partial charge is 0.338 e. The first-order valence-corrected chi connectivity index (χ1v) is 9.49. The molecule has 2 aromatic heterocycles. The molecule has 0 saturated carbocycles. The molecule has 8 nitrogen and oxygen atoms in total. The summed E-state index contributed by atoms with van der Waals surface area (Å²) in [6.07, 6.45) is 5.71. The topological polar surface area (TPSA) is 87.4 Å². The van der Waals surface area contributed by atoms with Gasteiger partial charge in [0.1, 0.15) is 6.54 Å². The first-order valence-electron chi connectivity index (χ1n) is 9.49. The summed E-state index contributed by atoms with van der Waals surface area (Å²) in [7, 11) is 1.73. The van der Waals surface area contributed by atoms with Gasteiger partial charge in [0.05, 0.1) is 0 Å². The van der Waals surface area contributed by atoms with Crippen LogP contribution in [0.3, 0.4) is 0 Å². The minimum atomic E-state index is -0.127. The maximum atomic E-state index is 12.4. The molecule has 1 saturated heterocycles. The molecular weight excluding hydrogens is 344 g/mol. The van der Waals surface area contributed by atoms with Crippen LogP contribution < -0.4 is 5.32 Å². The van der Waals surface area contributed by atoms with Gasteiger partial charge in [-0.15, -0.1) is 0 Å². The second-order valence-corrected chi connectivity index (χ2v) is 7.39. The van der Waals surface area contributed by atoms with Gasteiger partial charge in [-0.1, -0.05) is 5.16 Å². The monoisotopic (exact) mass is 372 g/mol. The van der Waals surface area contributed by atoms with E-state index in [0.29, 0.717) is 30.2 Å². The Bertz CT molecular complexity index is 733. The van der Waals surface area contributed by atoms with Crippen LogP contribution in [-0.4, -0.2) is 63.7 Å². The van der Waals surface area contributed by atoms with Gasteiger partial charge in [-0.2, -0.15) is 4.98 Å². The Hall–Kier alpha value is -2.48. The number of hydrogen-bond acceptors (Lipinski definition) is 6. The van der Waals surface area contributed by atoms with E-state index >= 15 is 0 Å². The van der Waals surface area contributed by atoms with Crippen LogP contribution in [0.25, 0.3) is 11.4 Å². The fraction of sp³-hybridized carbons (Fsp3) is 0.579. The number of nitrogens with zero attached hydrogens (tertiary/aromatic N) is 5. The number of amides is 2. The zero-order valence-corrected chi connectivity index (χ0v) is 16.3. The molecule has 0 aliphatic carbocycles. The number of carbonyl (C=O) groups is 1. The Balaban J connectivity index is 1.47. The number of rotatable bonds is 6. The number of piperidine rings is 1. The third-order valence-corrected chi connectivity index (χ3v) is 4.93. The van der Waals surface area contributed by atoms with Crippen molar-refractivity contribution >= 4 is 6.03 Å². The Kier molecular flexibility index (Phi) is 6.39. The molecule has 0 aromatic carbocycles. The van der Waals surface area contributed by atoms with Crippen molar-refractivity contribution in [3.63, 3.8) is 0 Å². The maximum Gasteiger partial charge on any atom is 0.317 e. The van der Waals surface area contributed by atoms with Crippen LogP contribution in [0.15, 0.2) is 29.0 Å². The van der Waals surface area contributed by atoms with Gasteiger partial charge in [-0.3, -0.25) is 4.98 Å². The second kappa shape index (κ2) is 8.94. The van der Waals surface area contributed by atoms with Crippen LogP contribution in [0.2, 0.25) is 0 Å². The SMILES string of the molecule is CC(C)N1CCCC(CNC(=O)N(C)Cc2nc(-c3cccnc3)no2)C1. The molecule has 3 rings (SSSR count). The Morgan fingerprint density at radius 1 is 1.48 bits per heavy atom. The fourth-order valence-corrected chi connectivity index (χ4v) is 3.31. The van der Waals surface area contributed by atoms with Gasteiger partial charge in [-0.25, -0.2) is 4.79 Å². The van der Waals surface area contributed by atoms with E-state index in [1.54, 1.807) is 24.3 Å². The lowest BCUT2D eigenvalue weighted by Crippen LogP contribution is -2.45. The molecule has 1 fully saturated rings. The molecule has 146 valence electrons. The molecule has 2 amide bonds. The van der Waals surface area contributed by atoms with E-state index in [-0.39, 0.29) is 12.6 Å². The molecule has 1 atom stereocenters. The lowest BCUT2D eigenvalue weighted by Gasteiger charge is -2.35. The summed E-state index contributed by atoms with van der Waals surface area (Å²) in [5, 5.41) is 6.98. The van der Waals surface area contributed by atoms with E-state index in [9.17, 15) is 4.79 Å². The molecule has 0 spiro atoms. The highest BCUT2D eigenvalue weighted by Gasteiger charge is 2.22. The Morgan fingerprint density at radius 3 is 3.07 bits per heavy atom. The van der Waals surface area contributed by atoms with E-state index in [1.807, 2.05) is 12.1 Å². The molecule has 8 heteroatoms. The molecule has 3 heterocycles. The fourth-order valence-electron chi connectivity index (χ4n) is 3.31. The van der Waals surface area contributed by atoms with Crippen molar-refractivity contribution in [1.29, 1.82) is 0 Å². The van der Waals surface area contributed by atoms with Gasteiger partial charge in [0, 0.05) is 44.1 Å². The average molecular weight is 372 g/mol. The van der Waals surface area contributed by atoms with Crippen LogP contribution in [0.5, 0.6) is 0 Å². The quantitative estimate of drug-likeness (QED) is 0.838. The van der Waals surface area contributed by atoms with Crippen LogP contribution >= 0.6 is 0 Å². The minimum absolute atomic E-state index is 0.127. The number of nitrogens with one attached hydrogen (secondary N) is 1. The van der Waals surface area contributed by atoms with Crippen LogP contribution in [0.1, 0.15) is 32.6 Å². The molecule has 27 heavy (non-hydrogen) atoms. The highest BCUT2D eigenvalue weighted by atomic mass is 16.5. The van der Waals surface area contributed by atoms with Crippen LogP contribution in [0.4, 0.5) is 4.79 Å². The van der Waals surface area contributed by atoms with Crippen molar-refractivity contribution < 1.29 is 9.32 Å². The third-order valence-electron chi connectivity index (χ3n) is 4.93. The summed E-state index contributed by atoms with van der Waals surface area (Å²) in [4.78, 5) is 24.8. The highest BCUT2D eigenvalue weighted by Crippen LogP contribution is 2.18. The average Bonchev–Trinajstić information content (AvgIpc) is 3.15. The van der Waals surface area contributed by atoms with Crippen molar-refractivity contribution in [2.75, 3.05) is 26.7 Å². The number of hydrogen-bond donors (Lipinski definition) is 1. The van der Waals surface area contributed by atoms with E-state index in [0.717, 1.165) is 25.1 Å². The maximum absolute atomic E-state index is 12.4. The number of pyridine rings is 1. The lowest BCUT2D eigenvalue weighted by atomic mass is 9.97. The van der Waals surface area contributed by atoms with Crippen molar-refractivity contribution in [3.05, 3.63) is 30.4 Å². The number of carbonyl (C=O) groups excluding carboxylic acids is 1. The van der Waals surface area contributed by atoms with Crippen LogP contribution in [-0.2, 0) is 6.54 Å². The van der Waals surface area contributed by atoms with E-state index in [2.05, 4.69) is 39.2 Å². The van der Waals surface area contributed by atoms with Crippen molar-refractivity contribution in [1.82, 2.24) is 30.2 Å². The van der Waals surface area contributed by atoms with E-state index in [4.69, 9.17) is 4.52 Å². The van der Waals surface area contributed by atoms with E-state index < -0.39 is 0 Å². The first-order chi connectivity index (χ1) is 13.0. The smallest absolute Gasteiger partial charge is 0.317 e. The number of urea groups is 1. The summed E-state index contributed by atoms with van der Waals surface area (Å²) in [5.74, 6) is 1.37. The molecule has 1 aliphatic rings. The minimum Gasteiger partial charge on any atom is -0.338 e. The number of likely N-dealkylation sites (tertiary alicyclic amines) is 1. The normalized spacial score (nSPS) is 17.9. The number of aromatic nitrogens is 3. The summed E-state index contributed by atoms with van der Waals surface area (Å²) in [6.45, 7) is 7.59. The molecule has 1 unspecified atom stereocenters. The summed E-state index contributed by atoms with van der Waals surface area (Å²) < 4.78 is 5.26. The van der Waals surface area contributed by atoms with Gasteiger partial charge in [0.25, 0.3) is 0 Å². The third kappa shape index (κ3) is 5.26. The summed E-state index contributed by atoms with van der Waals surface area (Å²) in [6, 6.07) is 4.11. The Morgan fingerprint density at radius 2 is 2.33 bits per heavy atom. The predicted octanol–water partition coefficient (Wildman–Crippen LogP) is 2.39. The molecule has 0 radical (unpaired) electrons. The second-order valence-electron chi connectivity index (χ2n) is 7.39. The van der Waals surface area contributed by atoms with Crippen LogP contribution in [0, 0.1) is 5.92 Å². The summed E-state index contributed by atoms with van der Waals surface area (Å²) >= 11 is 0. The van der Waals surface area contributed by atoms with Gasteiger partial charge >= 0.3 is 6.03 Å². The van der Waals surface area contributed by atoms with Crippen molar-refractivity contribution in [2.45, 2.75) is 39.3 Å². The molecular formula is C19H28N6O2. The highest BCUT2D eigenvalue weighted by molar-refractivity contribution is 5.73. The van der Waals surface area contributed by atoms with Gasteiger partial charge in [0.15, 0.2) is 0 Å². The van der Waals surface area contributed by atoms with Gasteiger partial charge in [-0.05, 0) is 51.3 Å². The first kappa shape index (κ1) is 19.3. The van der Waals surface area contributed by atoms with Crippen molar-refractivity contribution in [2.24, 2.45) is 5.92 Å². The van der Waals surface area contributed by atoms with E-state index in [1.165, 1.54) is 6.42 Å². The predicted molar refractivity (Wildman–Crippen MR) is 102 cm³/mol. The molecule has 1 N–H and O–H groups in total. The van der Waals surface area contributed by atoms with Gasteiger partial charge < -0.3 is 19.6 Å². The molecule has 2 aromatic rings. The molecule has 1 aliphatic heterocycles. The van der Waals surface area contributed by atoms with Crippen molar-refractivity contribution in [3.8, 4) is 11.4 Å². The zero-order valence-electron chi connectivity index (χ0n) is 16.3. The summed E-state index contributed by atoms with van der Waals surface area (Å²) in [5.41, 5.74) is 0.784. The van der Waals surface area contributed by atoms with Gasteiger partial charge in [0.2, 0.25) is 11.7 Å². The standard InChI is InChI=1S/C19H28N6O2/c1-14(2)25-9-5-6-15(12-25)10-21-19(26)24(3)13-17-22-18(23-27-17)16-7-4-8-20-11-16/h4,7-8,11,14-15H,5-6,9-10,12-13H2,1-3H3,(H,21,26). The lowest BCUT2D eigenvalue weighted by molar-refractivity contribution is 0.137.